The summed E-state index contributed by atoms with van der Waals surface area (Å²) in [6.07, 6.45) is -0.800. The van der Waals surface area contributed by atoms with Crippen molar-refractivity contribution in [3.05, 3.63) is 20.8 Å². The first kappa shape index (κ1) is 17.2. The van der Waals surface area contributed by atoms with Crippen LogP contribution in [0.25, 0.3) is 11.2 Å². The lowest BCUT2D eigenvalue weighted by Crippen LogP contribution is -2.30. The molecule has 9 heteroatoms. The Bertz CT molecular complexity index is 789. The third kappa shape index (κ3) is 3.62. The Morgan fingerprint density at radius 2 is 2.09 bits per heavy atom. The number of hydrogen-bond donors (Lipinski definition) is 3. The average molecular weight is 325 g/mol. The molecule has 128 valence electrons. The topological polar surface area (TPSA) is 114 Å². The van der Waals surface area contributed by atoms with Gasteiger partial charge in [0, 0.05) is 13.6 Å². The molecule has 0 radical (unpaired) electrons. The lowest BCUT2D eigenvalue weighted by molar-refractivity contribution is -0.000105. The van der Waals surface area contributed by atoms with E-state index in [1.807, 2.05) is 20.8 Å². The van der Waals surface area contributed by atoms with Gasteiger partial charge >= 0.3 is 5.69 Å². The van der Waals surface area contributed by atoms with Gasteiger partial charge in [-0.15, -0.1) is 0 Å². The van der Waals surface area contributed by atoms with Crippen molar-refractivity contribution in [3.8, 4) is 0 Å². The average Bonchev–Trinajstić information content (AvgIpc) is 2.82. The minimum absolute atomic E-state index is 0.00152. The van der Waals surface area contributed by atoms with Gasteiger partial charge in [0.05, 0.1) is 25.4 Å². The first-order valence-electron chi connectivity index (χ1n) is 7.58. The number of H-pyrrole nitrogens is 1. The highest BCUT2D eigenvalue weighted by molar-refractivity contribution is 5.74. The number of nitrogens with one attached hydrogen (secondary N) is 2. The Labute approximate surface area is 132 Å². The van der Waals surface area contributed by atoms with Crippen molar-refractivity contribution in [2.45, 2.75) is 39.5 Å². The van der Waals surface area contributed by atoms with E-state index in [4.69, 9.17) is 4.74 Å². The number of fused-ring (bicyclic) bond motifs is 1. The van der Waals surface area contributed by atoms with Gasteiger partial charge in [0.25, 0.3) is 5.56 Å². The monoisotopic (exact) mass is 325 g/mol. The fourth-order valence-corrected chi connectivity index (χ4v) is 2.27. The summed E-state index contributed by atoms with van der Waals surface area (Å²) in [6, 6.07) is 0. The van der Waals surface area contributed by atoms with E-state index in [1.54, 1.807) is 4.57 Å². The summed E-state index contributed by atoms with van der Waals surface area (Å²) in [6.45, 7) is 6.52. The number of ether oxygens (including phenoxy) is 1. The second-order valence-electron chi connectivity index (χ2n) is 5.60. The fraction of sp³-hybridized carbons (Fsp3) is 0.643. The summed E-state index contributed by atoms with van der Waals surface area (Å²) in [5, 5.41) is 13.2. The van der Waals surface area contributed by atoms with Crippen LogP contribution < -0.4 is 16.6 Å². The molecule has 0 aliphatic rings. The van der Waals surface area contributed by atoms with Crippen LogP contribution in [0, 0.1) is 0 Å². The number of aliphatic hydroxyl groups excluding tert-OH is 1. The quantitative estimate of drug-likeness (QED) is 0.640. The maximum atomic E-state index is 12.2. The molecule has 0 aliphatic heterocycles. The second kappa shape index (κ2) is 6.97. The molecule has 0 saturated heterocycles. The molecule has 0 amide bonds. The number of aromatic nitrogens is 4. The zero-order valence-electron chi connectivity index (χ0n) is 13.8. The van der Waals surface area contributed by atoms with E-state index in [9.17, 15) is 14.7 Å². The highest BCUT2D eigenvalue weighted by Gasteiger charge is 2.19. The van der Waals surface area contributed by atoms with Gasteiger partial charge in [-0.1, -0.05) is 0 Å². The summed E-state index contributed by atoms with van der Waals surface area (Å²) in [5.74, 6) is 0.429. The standard InChI is InChI=1S/C14H23N5O4/c1-5-15-13-16-11-10(12(21)17-14(22)18(11)4)19(13)6-9(20)7-23-8(2)3/h8-9,20H,5-7H2,1-4H3,(H,15,16)(H,17,21,22). The van der Waals surface area contributed by atoms with Crippen LogP contribution in [0.15, 0.2) is 9.59 Å². The SMILES string of the molecule is CCNc1nc2c(c(=O)[nH]c(=O)n2C)n1CC(O)COC(C)C. The van der Waals surface area contributed by atoms with Gasteiger partial charge in [-0.05, 0) is 20.8 Å². The zero-order chi connectivity index (χ0) is 17.1. The van der Waals surface area contributed by atoms with E-state index >= 15 is 0 Å². The van der Waals surface area contributed by atoms with Crippen molar-refractivity contribution in [1.82, 2.24) is 19.1 Å². The van der Waals surface area contributed by atoms with Crippen molar-refractivity contribution in [3.63, 3.8) is 0 Å². The van der Waals surface area contributed by atoms with Gasteiger partial charge in [0.15, 0.2) is 11.2 Å². The van der Waals surface area contributed by atoms with Gasteiger partial charge in [-0.2, -0.15) is 4.98 Å². The number of aromatic amines is 1. The number of rotatable bonds is 7. The minimum atomic E-state index is -0.802. The van der Waals surface area contributed by atoms with Crippen LogP contribution in [-0.4, -0.2) is 49.6 Å². The normalized spacial score (nSPS) is 13.0. The maximum absolute atomic E-state index is 12.2. The molecule has 1 unspecified atom stereocenters. The molecule has 0 aromatic carbocycles. The second-order valence-corrected chi connectivity index (χ2v) is 5.60. The van der Waals surface area contributed by atoms with Crippen LogP contribution in [0.3, 0.4) is 0 Å². The molecule has 1 atom stereocenters. The van der Waals surface area contributed by atoms with Crippen LogP contribution in [0.5, 0.6) is 0 Å². The van der Waals surface area contributed by atoms with Gasteiger partial charge in [-0.3, -0.25) is 14.3 Å². The molecular weight excluding hydrogens is 302 g/mol. The van der Waals surface area contributed by atoms with Crippen LogP contribution in [0.4, 0.5) is 5.95 Å². The Hall–Kier alpha value is -2.13. The van der Waals surface area contributed by atoms with Crippen LogP contribution >= 0.6 is 0 Å². The number of imidazole rings is 1. The van der Waals surface area contributed by atoms with E-state index in [1.165, 1.54) is 11.6 Å². The van der Waals surface area contributed by atoms with Gasteiger partial charge < -0.3 is 19.7 Å². The van der Waals surface area contributed by atoms with E-state index in [-0.39, 0.29) is 30.4 Å². The van der Waals surface area contributed by atoms with Crippen molar-refractivity contribution in [2.75, 3.05) is 18.5 Å². The lowest BCUT2D eigenvalue weighted by atomic mass is 10.3. The van der Waals surface area contributed by atoms with E-state index < -0.39 is 17.4 Å². The third-order valence-electron chi connectivity index (χ3n) is 3.36. The Kier molecular flexibility index (Phi) is 5.22. The van der Waals surface area contributed by atoms with Crippen molar-refractivity contribution >= 4 is 17.1 Å². The molecular formula is C14H23N5O4. The number of nitrogens with zero attached hydrogens (tertiary/aromatic N) is 3. The Morgan fingerprint density at radius 3 is 2.70 bits per heavy atom. The van der Waals surface area contributed by atoms with E-state index in [0.717, 1.165) is 0 Å². The molecule has 2 heterocycles. The molecule has 2 aromatic heterocycles. The lowest BCUT2D eigenvalue weighted by Gasteiger charge is -2.16. The van der Waals surface area contributed by atoms with Crippen LogP contribution in [0.2, 0.25) is 0 Å². The fourth-order valence-electron chi connectivity index (χ4n) is 2.27. The molecule has 2 aromatic rings. The molecule has 0 aliphatic carbocycles. The van der Waals surface area contributed by atoms with Crippen LogP contribution in [-0.2, 0) is 18.3 Å². The van der Waals surface area contributed by atoms with E-state index in [0.29, 0.717) is 12.5 Å². The summed E-state index contributed by atoms with van der Waals surface area (Å²) >= 11 is 0. The predicted octanol–water partition coefficient (Wildman–Crippen LogP) is -0.359. The third-order valence-corrected chi connectivity index (χ3v) is 3.36. The van der Waals surface area contributed by atoms with Crippen LogP contribution in [0.1, 0.15) is 20.8 Å². The highest BCUT2D eigenvalue weighted by Crippen LogP contribution is 2.16. The first-order chi connectivity index (χ1) is 10.8. The molecule has 2 rings (SSSR count). The molecule has 9 nitrogen and oxygen atoms in total. The predicted molar refractivity (Wildman–Crippen MR) is 86.9 cm³/mol. The summed E-state index contributed by atoms with van der Waals surface area (Å²) < 4.78 is 8.24. The highest BCUT2D eigenvalue weighted by atomic mass is 16.5. The van der Waals surface area contributed by atoms with Gasteiger partial charge in [-0.25, -0.2) is 4.79 Å². The first-order valence-corrected chi connectivity index (χ1v) is 7.58. The largest absolute Gasteiger partial charge is 0.389 e. The van der Waals surface area contributed by atoms with E-state index in [2.05, 4.69) is 15.3 Å². The molecule has 0 fully saturated rings. The molecule has 3 N–H and O–H groups in total. The molecule has 0 spiro atoms. The molecule has 0 bridgehead atoms. The smallest absolute Gasteiger partial charge is 0.329 e. The number of aliphatic hydroxyl groups is 1. The zero-order valence-corrected chi connectivity index (χ0v) is 13.8. The number of hydrogen-bond acceptors (Lipinski definition) is 6. The molecule has 23 heavy (non-hydrogen) atoms. The van der Waals surface area contributed by atoms with Crippen molar-refractivity contribution < 1.29 is 9.84 Å². The molecule has 0 saturated carbocycles. The number of aryl methyl sites for hydroxylation is 1. The summed E-state index contributed by atoms with van der Waals surface area (Å²) in [7, 11) is 1.53. The number of anilines is 1. The van der Waals surface area contributed by atoms with Gasteiger partial charge in [0.2, 0.25) is 5.95 Å². The van der Waals surface area contributed by atoms with Gasteiger partial charge in [0.1, 0.15) is 0 Å². The maximum Gasteiger partial charge on any atom is 0.329 e. The Balaban J connectivity index is 2.48. The summed E-state index contributed by atoms with van der Waals surface area (Å²) in [4.78, 5) is 30.4. The Morgan fingerprint density at radius 1 is 1.39 bits per heavy atom. The van der Waals surface area contributed by atoms with Crippen molar-refractivity contribution in [2.24, 2.45) is 7.05 Å². The van der Waals surface area contributed by atoms with Crippen molar-refractivity contribution in [1.29, 1.82) is 0 Å². The minimum Gasteiger partial charge on any atom is -0.389 e. The summed E-state index contributed by atoms with van der Waals surface area (Å²) in [5.41, 5.74) is -0.547.